The number of hydrogen-bond donors (Lipinski definition) is 1. The van der Waals surface area contributed by atoms with Crippen molar-refractivity contribution in [3.05, 3.63) is 103 Å². The molecule has 0 aliphatic heterocycles. The molecule has 35 heavy (non-hydrogen) atoms. The van der Waals surface area contributed by atoms with E-state index >= 15 is 0 Å². The predicted octanol–water partition coefficient (Wildman–Crippen LogP) is 6.27. The molecular weight excluding hydrogens is 462 g/mol. The maximum absolute atomic E-state index is 11.0. The van der Waals surface area contributed by atoms with Crippen LogP contribution in [0.25, 0.3) is 33.1 Å². The van der Waals surface area contributed by atoms with Crippen molar-refractivity contribution in [2.75, 3.05) is 5.32 Å². The van der Waals surface area contributed by atoms with E-state index in [0.29, 0.717) is 23.6 Å². The zero-order valence-electron chi connectivity index (χ0n) is 18.5. The quantitative estimate of drug-likeness (QED) is 0.282. The Morgan fingerprint density at radius 2 is 1.83 bits per heavy atom. The molecule has 172 valence electrons. The second-order valence-corrected chi connectivity index (χ2v) is 7.96. The van der Waals surface area contributed by atoms with Gasteiger partial charge in [0.25, 0.3) is 0 Å². The summed E-state index contributed by atoms with van der Waals surface area (Å²) < 4.78 is 7.58. The van der Waals surface area contributed by atoms with Gasteiger partial charge in [0.05, 0.1) is 23.8 Å². The standard InChI is InChI=1S/C27H19N5O2.ClH/c33-16-22-8-11-26(34-22)19-6-9-24-23(13-19)27(29-17-28-24)31-21-7-10-25-20(12-21)14-30-32(25)15-18-4-2-1-3-5-18;/h1-14,16-17H,15H2,(H,28,29,31);1H. The van der Waals surface area contributed by atoms with Crippen LogP contribution in [0.3, 0.4) is 0 Å². The molecule has 0 atom stereocenters. The van der Waals surface area contributed by atoms with E-state index in [-0.39, 0.29) is 12.4 Å². The molecule has 0 unspecified atom stereocenters. The molecule has 0 saturated heterocycles. The predicted molar refractivity (Wildman–Crippen MR) is 138 cm³/mol. The minimum atomic E-state index is 0. The van der Waals surface area contributed by atoms with Crippen molar-refractivity contribution in [1.29, 1.82) is 0 Å². The molecular formula is C27H20ClN5O2. The van der Waals surface area contributed by atoms with Crippen LogP contribution < -0.4 is 5.32 Å². The van der Waals surface area contributed by atoms with Crippen LogP contribution in [-0.4, -0.2) is 26.0 Å². The number of furan rings is 1. The lowest BCUT2D eigenvalue weighted by atomic mass is 10.1. The number of aromatic nitrogens is 4. The van der Waals surface area contributed by atoms with Crippen LogP contribution in [0.1, 0.15) is 16.1 Å². The summed E-state index contributed by atoms with van der Waals surface area (Å²) in [6, 6.07) is 25.6. The molecule has 6 rings (SSSR count). The highest BCUT2D eigenvalue weighted by Gasteiger charge is 2.11. The fraction of sp³-hybridized carbons (Fsp3) is 0.0370. The molecule has 3 aromatic heterocycles. The molecule has 6 aromatic rings. The normalized spacial score (nSPS) is 10.9. The van der Waals surface area contributed by atoms with E-state index < -0.39 is 0 Å². The molecule has 0 bridgehead atoms. The number of rotatable bonds is 6. The molecule has 0 aliphatic carbocycles. The zero-order chi connectivity index (χ0) is 22.9. The lowest BCUT2D eigenvalue weighted by Crippen LogP contribution is -2.01. The van der Waals surface area contributed by atoms with Gasteiger partial charge in [0.1, 0.15) is 17.9 Å². The molecule has 0 aliphatic rings. The fourth-order valence-electron chi connectivity index (χ4n) is 4.06. The van der Waals surface area contributed by atoms with E-state index in [4.69, 9.17) is 4.42 Å². The van der Waals surface area contributed by atoms with Crippen molar-refractivity contribution < 1.29 is 9.21 Å². The van der Waals surface area contributed by atoms with Gasteiger partial charge in [-0.25, -0.2) is 9.97 Å². The number of hydrogen-bond acceptors (Lipinski definition) is 6. The first kappa shape index (κ1) is 22.3. The second kappa shape index (κ2) is 9.40. The van der Waals surface area contributed by atoms with Crippen LogP contribution in [-0.2, 0) is 6.54 Å². The van der Waals surface area contributed by atoms with Crippen molar-refractivity contribution in [3.8, 4) is 11.3 Å². The molecule has 0 spiro atoms. The minimum Gasteiger partial charge on any atom is -0.453 e. The number of anilines is 2. The summed E-state index contributed by atoms with van der Waals surface area (Å²) in [5.41, 5.74) is 4.82. The topological polar surface area (TPSA) is 85.8 Å². The first-order valence-corrected chi connectivity index (χ1v) is 10.8. The summed E-state index contributed by atoms with van der Waals surface area (Å²) in [5.74, 6) is 1.59. The third kappa shape index (κ3) is 4.37. The van der Waals surface area contributed by atoms with Crippen LogP contribution in [0.15, 0.2) is 95.8 Å². The van der Waals surface area contributed by atoms with Gasteiger partial charge in [-0.3, -0.25) is 9.48 Å². The molecule has 0 amide bonds. The lowest BCUT2D eigenvalue weighted by molar-refractivity contribution is 0.110. The lowest BCUT2D eigenvalue weighted by Gasteiger charge is -2.10. The van der Waals surface area contributed by atoms with Crippen LogP contribution in [0.4, 0.5) is 11.5 Å². The number of aldehydes is 1. The third-order valence-corrected chi connectivity index (χ3v) is 5.74. The van der Waals surface area contributed by atoms with Crippen LogP contribution >= 0.6 is 12.4 Å². The van der Waals surface area contributed by atoms with Gasteiger partial charge in [-0.1, -0.05) is 30.3 Å². The SMILES string of the molecule is Cl.O=Cc1ccc(-c2ccc3ncnc(Nc4ccc5c(cnn5Cc5ccccc5)c4)c3c2)o1. The van der Waals surface area contributed by atoms with Gasteiger partial charge in [-0.15, -0.1) is 12.4 Å². The van der Waals surface area contributed by atoms with Gasteiger partial charge in [-0.05, 0) is 54.1 Å². The molecule has 0 radical (unpaired) electrons. The number of nitrogens with zero attached hydrogens (tertiary/aromatic N) is 4. The van der Waals surface area contributed by atoms with Gasteiger partial charge >= 0.3 is 0 Å². The van der Waals surface area contributed by atoms with Crippen molar-refractivity contribution in [2.24, 2.45) is 0 Å². The Morgan fingerprint density at radius 3 is 2.66 bits per heavy atom. The number of benzene rings is 3. The molecule has 1 N–H and O–H groups in total. The van der Waals surface area contributed by atoms with Gasteiger partial charge in [0, 0.05) is 22.0 Å². The Balaban J connectivity index is 0.00000253. The third-order valence-electron chi connectivity index (χ3n) is 5.74. The number of fused-ring (bicyclic) bond motifs is 2. The average Bonchev–Trinajstić information content (AvgIpc) is 3.52. The van der Waals surface area contributed by atoms with Crippen molar-refractivity contribution >= 4 is 52.0 Å². The van der Waals surface area contributed by atoms with Gasteiger partial charge in [-0.2, -0.15) is 5.10 Å². The van der Waals surface area contributed by atoms with Crippen LogP contribution in [0.2, 0.25) is 0 Å². The summed E-state index contributed by atoms with van der Waals surface area (Å²) in [4.78, 5) is 19.8. The smallest absolute Gasteiger partial charge is 0.185 e. The Bertz CT molecular complexity index is 1640. The number of carbonyl (C=O) groups is 1. The van der Waals surface area contributed by atoms with E-state index in [1.807, 2.05) is 53.3 Å². The van der Waals surface area contributed by atoms with E-state index in [2.05, 4.69) is 44.6 Å². The second-order valence-electron chi connectivity index (χ2n) is 7.96. The van der Waals surface area contributed by atoms with E-state index in [1.165, 1.54) is 11.9 Å². The number of nitrogens with one attached hydrogen (secondary N) is 1. The van der Waals surface area contributed by atoms with Gasteiger partial charge < -0.3 is 9.73 Å². The van der Waals surface area contributed by atoms with Gasteiger partial charge in [0.15, 0.2) is 12.0 Å². The summed E-state index contributed by atoms with van der Waals surface area (Å²) in [7, 11) is 0. The average molecular weight is 482 g/mol. The molecule has 3 heterocycles. The maximum atomic E-state index is 11.0. The molecule has 8 heteroatoms. The van der Waals surface area contributed by atoms with Crippen molar-refractivity contribution in [1.82, 2.24) is 19.7 Å². The summed E-state index contributed by atoms with van der Waals surface area (Å²) in [6.45, 7) is 0.717. The highest BCUT2D eigenvalue weighted by atomic mass is 35.5. The van der Waals surface area contributed by atoms with Crippen molar-refractivity contribution in [2.45, 2.75) is 6.54 Å². The number of halogens is 1. The van der Waals surface area contributed by atoms with Gasteiger partial charge in [0.2, 0.25) is 0 Å². The Morgan fingerprint density at radius 1 is 0.943 bits per heavy atom. The Kier molecular flexibility index (Phi) is 5.99. The largest absolute Gasteiger partial charge is 0.453 e. The molecule has 7 nitrogen and oxygen atoms in total. The Labute approximate surface area is 206 Å². The first-order chi connectivity index (χ1) is 16.8. The van der Waals surface area contributed by atoms with E-state index in [1.54, 1.807) is 12.1 Å². The Hall–Kier alpha value is -4.49. The number of carbonyl (C=O) groups excluding carboxylic acids is 1. The van der Waals surface area contributed by atoms with E-state index in [9.17, 15) is 4.79 Å². The highest BCUT2D eigenvalue weighted by Crippen LogP contribution is 2.30. The monoisotopic (exact) mass is 481 g/mol. The summed E-state index contributed by atoms with van der Waals surface area (Å²) in [6.07, 6.45) is 4.11. The van der Waals surface area contributed by atoms with E-state index in [0.717, 1.165) is 39.6 Å². The maximum Gasteiger partial charge on any atom is 0.185 e. The molecule has 0 fully saturated rings. The van der Waals surface area contributed by atoms with Crippen molar-refractivity contribution in [3.63, 3.8) is 0 Å². The van der Waals surface area contributed by atoms with Crippen LogP contribution in [0.5, 0.6) is 0 Å². The summed E-state index contributed by atoms with van der Waals surface area (Å²) in [5, 5.41) is 9.88. The highest BCUT2D eigenvalue weighted by molar-refractivity contribution is 5.94. The fourth-order valence-corrected chi connectivity index (χ4v) is 4.06. The minimum absolute atomic E-state index is 0. The molecule has 0 saturated carbocycles. The summed E-state index contributed by atoms with van der Waals surface area (Å²) >= 11 is 0. The first-order valence-electron chi connectivity index (χ1n) is 10.8. The zero-order valence-corrected chi connectivity index (χ0v) is 19.3. The van der Waals surface area contributed by atoms with Crippen LogP contribution in [0, 0.1) is 0 Å². The molecule has 3 aromatic carbocycles.